The summed E-state index contributed by atoms with van der Waals surface area (Å²) in [7, 11) is -2.51. The number of hydrogen-bond acceptors (Lipinski definition) is 9. The van der Waals surface area contributed by atoms with Crippen molar-refractivity contribution in [1.29, 1.82) is 0 Å². The van der Waals surface area contributed by atoms with Crippen molar-refractivity contribution in [3.05, 3.63) is 90.5 Å². The SMILES string of the molecule is COc1ccc(OC)c(NS(=O)(=O)c2ccc(NC(=O)CN(c3ccc(OC)c(OC)c3)S(=O)(=O)c3ccc(C)cc3)cc2)c1. The maximum absolute atomic E-state index is 13.8. The fourth-order valence-electron chi connectivity index (χ4n) is 4.28. The Morgan fingerprint density at radius 3 is 1.89 bits per heavy atom. The van der Waals surface area contributed by atoms with Gasteiger partial charge in [-0.15, -0.1) is 0 Å². The van der Waals surface area contributed by atoms with Crippen LogP contribution in [0, 0.1) is 6.92 Å². The minimum atomic E-state index is -4.20. The summed E-state index contributed by atoms with van der Waals surface area (Å²) in [6.07, 6.45) is 0. The second-order valence-corrected chi connectivity index (χ2v) is 13.2. The van der Waals surface area contributed by atoms with Gasteiger partial charge in [0.05, 0.1) is 49.6 Å². The van der Waals surface area contributed by atoms with E-state index in [-0.39, 0.29) is 32.6 Å². The zero-order valence-corrected chi connectivity index (χ0v) is 26.9. The molecule has 0 aliphatic heterocycles. The molecule has 4 rings (SSSR count). The normalized spacial score (nSPS) is 11.3. The van der Waals surface area contributed by atoms with Crippen molar-refractivity contribution in [3.63, 3.8) is 0 Å². The van der Waals surface area contributed by atoms with Gasteiger partial charge in [0.1, 0.15) is 18.0 Å². The highest BCUT2D eigenvalue weighted by atomic mass is 32.2. The number of nitrogens with one attached hydrogen (secondary N) is 2. The number of aryl methyl sites for hydroxylation is 1. The number of hydrogen-bond donors (Lipinski definition) is 2. The maximum atomic E-state index is 13.8. The molecule has 0 radical (unpaired) electrons. The quantitative estimate of drug-likeness (QED) is 0.210. The number of amides is 1. The molecule has 0 aromatic heterocycles. The average Bonchev–Trinajstić information content (AvgIpc) is 3.03. The van der Waals surface area contributed by atoms with Crippen LogP contribution in [0.4, 0.5) is 17.1 Å². The van der Waals surface area contributed by atoms with Crippen LogP contribution in [0.3, 0.4) is 0 Å². The lowest BCUT2D eigenvalue weighted by atomic mass is 10.2. The molecule has 0 fully saturated rings. The summed E-state index contributed by atoms with van der Waals surface area (Å²) in [4.78, 5) is 13.1. The Kier molecular flexibility index (Phi) is 10.1. The maximum Gasteiger partial charge on any atom is 0.264 e. The van der Waals surface area contributed by atoms with E-state index in [4.69, 9.17) is 18.9 Å². The first-order valence-corrected chi connectivity index (χ1v) is 16.3. The molecule has 0 unspecified atom stereocenters. The number of nitrogens with zero attached hydrogens (tertiary/aromatic N) is 1. The second-order valence-electron chi connectivity index (χ2n) is 9.61. The predicted molar refractivity (Wildman–Crippen MR) is 171 cm³/mol. The first-order valence-electron chi connectivity index (χ1n) is 13.4. The van der Waals surface area contributed by atoms with E-state index in [9.17, 15) is 21.6 Å². The summed E-state index contributed by atoms with van der Waals surface area (Å²) in [5, 5.41) is 2.63. The van der Waals surface area contributed by atoms with E-state index < -0.39 is 32.5 Å². The molecule has 14 heteroatoms. The molecular formula is C31H33N3O9S2. The molecule has 4 aromatic rings. The van der Waals surface area contributed by atoms with Gasteiger partial charge in [0.15, 0.2) is 11.5 Å². The molecule has 0 atom stereocenters. The van der Waals surface area contributed by atoms with Crippen molar-refractivity contribution in [2.24, 2.45) is 0 Å². The van der Waals surface area contributed by atoms with Crippen molar-refractivity contribution in [2.75, 3.05) is 49.3 Å². The highest BCUT2D eigenvalue weighted by Gasteiger charge is 2.28. The van der Waals surface area contributed by atoms with E-state index in [0.29, 0.717) is 17.2 Å². The highest BCUT2D eigenvalue weighted by Crippen LogP contribution is 2.34. The van der Waals surface area contributed by atoms with Crippen LogP contribution in [0.5, 0.6) is 23.0 Å². The van der Waals surface area contributed by atoms with Crippen LogP contribution in [-0.4, -0.2) is 57.7 Å². The summed E-state index contributed by atoms with van der Waals surface area (Å²) in [5.74, 6) is 0.709. The summed E-state index contributed by atoms with van der Waals surface area (Å²) < 4.78 is 78.2. The standard InChI is InChI=1S/C31H33N3O9S2/c1-21-6-12-26(13-7-21)45(38,39)34(23-10-16-29(42-4)30(18-23)43-5)20-31(35)32-22-8-14-25(15-9-22)44(36,37)33-27-19-24(40-2)11-17-28(27)41-3/h6-19,33H,20H2,1-5H3,(H,32,35). The molecule has 0 saturated heterocycles. The summed E-state index contributed by atoms with van der Waals surface area (Å²) in [6, 6.07) is 20.8. The molecule has 0 aliphatic rings. The van der Waals surface area contributed by atoms with Gasteiger partial charge in [-0.1, -0.05) is 17.7 Å². The fourth-order valence-corrected chi connectivity index (χ4v) is 6.75. The molecular weight excluding hydrogens is 622 g/mol. The molecule has 1 amide bonds. The van der Waals surface area contributed by atoms with E-state index >= 15 is 0 Å². The van der Waals surface area contributed by atoms with Crippen LogP contribution < -0.4 is 33.3 Å². The van der Waals surface area contributed by atoms with Crippen LogP contribution >= 0.6 is 0 Å². The lowest BCUT2D eigenvalue weighted by Gasteiger charge is -2.25. The van der Waals surface area contributed by atoms with Gasteiger partial charge in [0.25, 0.3) is 20.0 Å². The molecule has 0 saturated carbocycles. The third-order valence-electron chi connectivity index (χ3n) is 6.65. The zero-order chi connectivity index (χ0) is 32.8. The van der Waals surface area contributed by atoms with Gasteiger partial charge in [-0.2, -0.15) is 0 Å². The molecule has 2 N–H and O–H groups in total. The van der Waals surface area contributed by atoms with Gasteiger partial charge >= 0.3 is 0 Å². The molecule has 45 heavy (non-hydrogen) atoms. The minimum absolute atomic E-state index is 0.00888. The Morgan fingerprint density at radius 1 is 0.689 bits per heavy atom. The predicted octanol–water partition coefficient (Wildman–Crippen LogP) is 4.66. The number of anilines is 3. The first-order chi connectivity index (χ1) is 21.4. The topological polar surface area (TPSA) is 150 Å². The monoisotopic (exact) mass is 655 g/mol. The van der Waals surface area contributed by atoms with Gasteiger partial charge in [-0.05, 0) is 67.6 Å². The largest absolute Gasteiger partial charge is 0.497 e. The van der Waals surface area contributed by atoms with Crippen LogP contribution in [0.15, 0.2) is 94.7 Å². The molecule has 0 aliphatic carbocycles. The summed E-state index contributed by atoms with van der Waals surface area (Å²) in [5.41, 5.74) is 1.47. The van der Waals surface area contributed by atoms with E-state index in [0.717, 1.165) is 9.87 Å². The Bertz CT molecular complexity index is 1880. The fraction of sp³-hybridized carbons (Fsp3) is 0.194. The van der Waals surface area contributed by atoms with E-state index in [1.807, 2.05) is 6.92 Å². The Hall–Kier alpha value is -4.95. The number of methoxy groups -OCH3 is 4. The highest BCUT2D eigenvalue weighted by molar-refractivity contribution is 7.93. The summed E-state index contributed by atoms with van der Waals surface area (Å²) >= 11 is 0. The third kappa shape index (κ3) is 7.59. The molecule has 238 valence electrons. The lowest BCUT2D eigenvalue weighted by molar-refractivity contribution is -0.114. The number of sulfonamides is 2. The van der Waals surface area contributed by atoms with Crippen molar-refractivity contribution >= 4 is 43.0 Å². The van der Waals surface area contributed by atoms with Gasteiger partial charge in [0.2, 0.25) is 5.91 Å². The van der Waals surface area contributed by atoms with Crippen molar-refractivity contribution in [3.8, 4) is 23.0 Å². The molecule has 0 spiro atoms. The Morgan fingerprint density at radius 2 is 1.29 bits per heavy atom. The van der Waals surface area contributed by atoms with Crippen LogP contribution in [0.1, 0.15) is 5.56 Å². The van der Waals surface area contributed by atoms with Gasteiger partial charge in [-0.3, -0.25) is 13.8 Å². The zero-order valence-electron chi connectivity index (χ0n) is 25.2. The lowest BCUT2D eigenvalue weighted by Crippen LogP contribution is -2.38. The average molecular weight is 656 g/mol. The van der Waals surface area contributed by atoms with Crippen LogP contribution in [-0.2, 0) is 24.8 Å². The number of benzene rings is 4. The Balaban J connectivity index is 1.57. The number of carbonyl (C=O) groups excluding carboxylic acids is 1. The van der Waals surface area contributed by atoms with Crippen molar-refractivity contribution < 1.29 is 40.6 Å². The van der Waals surface area contributed by atoms with E-state index in [1.54, 1.807) is 24.3 Å². The first kappa shape index (κ1) is 33.0. The van der Waals surface area contributed by atoms with E-state index in [1.165, 1.54) is 89.1 Å². The molecule has 0 heterocycles. The Labute approximate surface area is 262 Å². The van der Waals surface area contributed by atoms with Gasteiger partial charge in [0, 0.05) is 17.8 Å². The van der Waals surface area contributed by atoms with Crippen LogP contribution in [0.25, 0.3) is 0 Å². The number of carbonyl (C=O) groups is 1. The van der Waals surface area contributed by atoms with Crippen LogP contribution in [0.2, 0.25) is 0 Å². The number of ether oxygens (including phenoxy) is 4. The molecule has 4 aromatic carbocycles. The molecule has 12 nitrogen and oxygen atoms in total. The van der Waals surface area contributed by atoms with Gasteiger partial charge in [-0.25, -0.2) is 16.8 Å². The van der Waals surface area contributed by atoms with Crippen molar-refractivity contribution in [1.82, 2.24) is 0 Å². The third-order valence-corrected chi connectivity index (χ3v) is 9.82. The van der Waals surface area contributed by atoms with E-state index in [2.05, 4.69) is 10.0 Å². The smallest absolute Gasteiger partial charge is 0.264 e. The van der Waals surface area contributed by atoms with Gasteiger partial charge < -0.3 is 24.3 Å². The minimum Gasteiger partial charge on any atom is -0.497 e. The number of rotatable bonds is 13. The molecule has 0 bridgehead atoms. The van der Waals surface area contributed by atoms with Crippen molar-refractivity contribution in [2.45, 2.75) is 16.7 Å². The summed E-state index contributed by atoms with van der Waals surface area (Å²) in [6.45, 7) is 1.24. The second kappa shape index (κ2) is 13.8.